The van der Waals surface area contributed by atoms with Crippen molar-refractivity contribution in [1.82, 2.24) is 0 Å². The summed E-state index contributed by atoms with van der Waals surface area (Å²) in [7, 11) is 0. The summed E-state index contributed by atoms with van der Waals surface area (Å²) in [5.74, 6) is 1.30. The van der Waals surface area contributed by atoms with Crippen LogP contribution < -0.4 is 14.8 Å². The van der Waals surface area contributed by atoms with E-state index in [-0.39, 0.29) is 5.91 Å². The van der Waals surface area contributed by atoms with Gasteiger partial charge in [-0.2, -0.15) is 0 Å². The average molecular weight is 314 g/mol. The maximum Gasteiger partial charge on any atom is 0.256 e. The second-order valence-corrected chi connectivity index (χ2v) is 5.54. The Kier molecular flexibility index (Phi) is 3.05. The van der Waals surface area contributed by atoms with E-state index in [0.717, 1.165) is 22.6 Å². The Morgan fingerprint density at radius 1 is 1.05 bits per heavy atom. The fourth-order valence-corrected chi connectivity index (χ4v) is 2.79. The van der Waals surface area contributed by atoms with Crippen LogP contribution in [0.15, 0.2) is 36.4 Å². The van der Waals surface area contributed by atoms with E-state index in [1.54, 1.807) is 18.2 Å². The first kappa shape index (κ1) is 13.2. The second-order valence-electron chi connectivity index (χ2n) is 5.11. The lowest BCUT2D eigenvalue weighted by Gasteiger charge is -2.18. The van der Waals surface area contributed by atoms with Gasteiger partial charge >= 0.3 is 0 Å². The third-order valence-corrected chi connectivity index (χ3v) is 3.88. The zero-order chi connectivity index (χ0) is 15.1. The molecule has 2 aliphatic heterocycles. The zero-order valence-corrected chi connectivity index (χ0v) is 12.3. The van der Waals surface area contributed by atoms with Crippen LogP contribution in [0.4, 0.5) is 5.69 Å². The molecule has 4 nitrogen and oxygen atoms in total. The van der Waals surface area contributed by atoms with Crippen molar-refractivity contribution in [1.29, 1.82) is 0 Å². The van der Waals surface area contributed by atoms with Crippen LogP contribution in [-0.4, -0.2) is 19.1 Å². The van der Waals surface area contributed by atoms with Gasteiger partial charge in [-0.1, -0.05) is 17.7 Å². The molecule has 110 valence electrons. The maximum atomic E-state index is 12.2. The molecule has 1 N–H and O–H groups in total. The van der Waals surface area contributed by atoms with Crippen molar-refractivity contribution in [3.8, 4) is 11.5 Å². The van der Waals surface area contributed by atoms with Crippen LogP contribution in [0.1, 0.15) is 11.1 Å². The third kappa shape index (κ3) is 2.22. The lowest BCUT2D eigenvalue weighted by atomic mass is 10.0. The summed E-state index contributed by atoms with van der Waals surface area (Å²) in [4.78, 5) is 12.2. The first-order valence-electron chi connectivity index (χ1n) is 6.93. The quantitative estimate of drug-likeness (QED) is 0.818. The smallest absolute Gasteiger partial charge is 0.256 e. The highest BCUT2D eigenvalue weighted by Gasteiger charge is 2.24. The lowest BCUT2D eigenvalue weighted by molar-refractivity contribution is -0.110. The number of halogens is 1. The van der Waals surface area contributed by atoms with Crippen LogP contribution in [0.25, 0.3) is 11.6 Å². The molecule has 4 rings (SSSR count). The normalized spacial score (nSPS) is 17.3. The number of hydrogen-bond acceptors (Lipinski definition) is 3. The number of amides is 1. The van der Waals surface area contributed by atoms with E-state index >= 15 is 0 Å². The molecule has 0 aliphatic carbocycles. The van der Waals surface area contributed by atoms with E-state index < -0.39 is 0 Å². The molecule has 22 heavy (non-hydrogen) atoms. The standard InChI is InChI=1S/C17H12ClNO3/c18-11-2-3-14-12(9-11)13(17(20)19-14)7-10-1-4-15-16(8-10)22-6-5-21-15/h1-4,7-9H,5-6H2,(H,19,20)/b13-7-. The van der Waals surface area contributed by atoms with Crippen molar-refractivity contribution in [2.75, 3.05) is 18.5 Å². The van der Waals surface area contributed by atoms with Gasteiger partial charge < -0.3 is 14.8 Å². The molecule has 0 saturated carbocycles. The molecule has 0 bridgehead atoms. The number of carbonyl (C=O) groups excluding carboxylic acids is 1. The number of nitrogens with one attached hydrogen (secondary N) is 1. The van der Waals surface area contributed by atoms with Crippen LogP contribution in [0.3, 0.4) is 0 Å². The minimum Gasteiger partial charge on any atom is -0.486 e. The first-order valence-corrected chi connectivity index (χ1v) is 7.31. The summed E-state index contributed by atoms with van der Waals surface area (Å²) in [5.41, 5.74) is 3.06. The Labute approximate surface area is 132 Å². The second kappa shape index (κ2) is 5.07. The minimum absolute atomic E-state index is 0.132. The molecule has 2 aromatic rings. The topological polar surface area (TPSA) is 47.6 Å². The lowest BCUT2D eigenvalue weighted by Crippen LogP contribution is -2.15. The molecule has 0 spiro atoms. The van der Waals surface area contributed by atoms with E-state index in [1.807, 2.05) is 24.3 Å². The molecule has 2 heterocycles. The van der Waals surface area contributed by atoms with Crippen LogP contribution in [0.5, 0.6) is 11.5 Å². The summed E-state index contributed by atoms with van der Waals surface area (Å²) in [6.07, 6.45) is 1.83. The number of fused-ring (bicyclic) bond motifs is 2. The molecule has 0 fully saturated rings. The molecule has 2 aromatic carbocycles. The monoisotopic (exact) mass is 313 g/mol. The molecule has 5 heteroatoms. The van der Waals surface area contributed by atoms with Gasteiger partial charge in [-0.15, -0.1) is 0 Å². The Bertz CT molecular complexity index is 814. The molecule has 0 aromatic heterocycles. The van der Waals surface area contributed by atoms with E-state index in [0.29, 0.717) is 29.6 Å². The van der Waals surface area contributed by atoms with Gasteiger partial charge in [0.05, 0.1) is 0 Å². The van der Waals surface area contributed by atoms with Crippen LogP contribution in [-0.2, 0) is 4.79 Å². The summed E-state index contributed by atoms with van der Waals surface area (Å²) >= 11 is 6.03. The van der Waals surface area contributed by atoms with Gasteiger partial charge in [0.2, 0.25) is 0 Å². The van der Waals surface area contributed by atoms with Crippen molar-refractivity contribution >= 4 is 34.8 Å². The Hall–Kier alpha value is -2.46. The minimum atomic E-state index is -0.132. The van der Waals surface area contributed by atoms with Gasteiger partial charge in [0.25, 0.3) is 5.91 Å². The number of rotatable bonds is 1. The molecule has 1 amide bonds. The predicted octanol–water partition coefficient (Wildman–Crippen LogP) is 3.60. The van der Waals surface area contributed by atoms with Crippen molar-refractivity contribution < 1.29 is 14.3 Å². The Morgan fingerprint density at radius 3 is 2.73 bits per heavy atom. The highest BCUT2D eigenvalue weighted by Crippen LogP contribution is 2.36. The van der Waals surface area contributed by atoms with Gasteiger partial charge in [0.15, 0.2) is 11.5 Å². The number of ether oxygens (including phenoxy) is 2. The summed E-state index contributed by atoms with van der Waals surface area (Å²) in [6.45, 7) is 1.09. The van der Waals surface area contributed by atoms with Gasteiger partial charge in [0, 0.05) is 21.8 Å². The number of benzene rings is 2. The zero-order valence-electron chi connectivity index (χ0n) is 11.6. The van der Waals surface area contributed by atoms with E-state index in [2.05, 4.69) is 5.32 Å². The van der Waals surface area contributed by atoms with Gasteiger partial charge in [0.1, 0.15) is 13.2 Å². The summed E-state index contributed by atoms with van der Waals surface area (Å²) < 4.78 is 11.1. The number of anilines is 1. The largest absolute Gasteiger partial charge is 0.486 e. The summed E-state index contributed by atoms with van der Waals surface area (Å²) in [6, 6.07) is 11.0. The van der Waals surface area contributed by atoms with Gasteiger partial charge in [-0.05, 0) is 42.0 Å². The number of carbonyl (C=O) groups is 1. The van der Waals surface area contributed by atoms with Crippen molar-refractivity contribution in [3.05, 3.63) is 52.5 Å². The van der Waals surface area contributed by atoms with Gasteiger partial charge in [-0.3, -0.25) is 4.79 Å². The average Bonchev–Trinajstić information content (AvgIpc) is 2.83. The highest BCUT2D eigenvalue weighted by atomic mass is 35.5. The first-order chi connectivity index (χ1) is 10.7. The van der Waals surface area contributed by atoms with E-state index in [9.17, 15) is 4.79 Å². The maximum absolute atomic E-state index is 12.2. The fraction of sp³-hybridized carbons (Fsp3) is 0.118. The molecular formula is C17H12ClNO3. The molecule has 0 unspecified atom stereocenters. The fourth-order valence-electron chi connectivity index (χ4n) is 2.62. The Balaban J connectivity index is 1.77. The van der Waals surface area contributed by atoms with Crippen molar-refractivity contribution in [2.24, 2.45) is 0 Å². The van der Waals surface area contributed by atoms with Crippen LogP contribution in [0, 0.1) is 0 Å². The molecular weight excluding hydrogens is 302 g/mol. The highest BCUT2D eigenvalue weighted by molar-refractivity contribution is 6.36. The molecule has 0 saturated heterocycles. The third-order valence-electron chi connectivity index (χ3n) is 3.64. The van der Waals surface area contributed by atoms with E-state index in [1.165, 1.54) is 0 Å². The predicted molar refractivity (Wildman–Crippen MR) is 85.4 cm³/mol. The Morgan fingerprint density at radius 2 is 1.86 bits per heavy atom. The van der Waals surface area contributed by atoms with Crippen LogP contribution >= 0.6 is 11.6 Å². The van der Waals surface area contributed by atoms with Crippen LogP contribution in [0.2, 0.25) is 5.02 Å². The molecule has 0 atom stereocenters. The number of hydrogen-bond donors (Lipinski definition) is 1. The van der Waals surface area contributed by atoms with Crippen molar-refractivity contribution in [2.45, 2.75) is 0 Å². The van der Waals surface area contributed by atoms with E-state index in [4.69, 9.17) is 21.1 Å². The SMILES string of the molecule is O=C1Nc2ccc(Cl)cc2/C1=C/c1ccc2c(c1)OCCO2. The van der Waals surface area contributed by atoms with Crippen molar-refractivity contribution in [3.63, 3.8) is 0 Å². The molecule has 0 radical (unpaired) electrons. The molecule has 2 aliphatic rings. The summed E-state index contributed by atoms with van der Waals surface area (Å²) in [5, 5.41) is 3.44. The van der Waals surface area contributed by atoms with Gasteiger partial charge in [-0.25, -0.2) is 0 Å².